The molecule has 0 fully saturated rings. The molecule has 0 spiro atoms. The van der Waals surface area contributed by atoms with Crippen LogP contribution in [0.15, 0.2) is 24.3 Å². The van der Waals surface area contributed by atoms with E-state index in [1.807, 2.05) is 0 Å². The number of carbonyl (C=O) groups is 2. The quantitative estimate of drug-likeness (QED) is 0.0241. The minimum absolute atomic E-state index is 0.174. The second kappa shape index (κ2) is 36.8. The number of carbonyl (C=O) groups excluding carboxylic acids is 2. The highest BCUT2D eigenvalue weighted by atomic mass is 31.2. The predicted octanol–water partition coefficient (Wildman–Crippen LogP) is 10.2. The summed E-state index contributed by atoms with van der Waals surface area (Å²) in [6, 6.07) is 0. The number of ether oxygens (including phenoxy) is 2. The molecule has 0 aliphatic heterocycles. The zero-order valence-corrected chi connectivity index (χ0v) is 33.2. The Bertz CT molecular complexity index is 910. The van der Waals surface area contributed by atoms with Gasteiger partial charge in [0.2, 0.25) is 0 Å². The van der Waals surface area contributed by atoms with Crippen LogP contribution in [0, 0.1) is 0 Å². The van der Waals surface area contributed by atoms with Crippen molar-refractivity contribution in [3.63, 3.8) is 0 Å². The predicted molar refractivity (Wildman–Crippen MR) is 205 cm³/mol. The summed E-state index contributed by atoms with van der Waals surface area (Å²) >= 11 is 0. The van der Waals surface area contributed by atoms with Gasteiger partial charge in [0.1, 0.15) is 12.7 Å². The molecule has 10 nitrogen and oxygen atoms in total. The minimum Gasteiger partial charge on any atom is -0.462 e. The molecule has 0 bridgehead atoms. The molecule has 11 heteroatoms. The van der Waals surface area contributed by atoms with Crippen LogP contribution in [0.3, 0.4) is 0 Å². The summed E-state index contributed by atoms with van der Waals surface area (Å²) in [7, 11) is -4.61. The van der Waals surface area contributed by atoms with Crippen LogP contribution < -0.4 is 0 Å². The topological polar surface area (TPSA) is 149 Å². The van der Waals surface area contributed by atoms with E-state index in [4.69, 9.17) is 19.1 Å². The molecule has 0 heterocycles. The molecular formula is C40H75O10P. The number of aliphatic hydroxyl groups is 2. The molecule has 0 amide bonds. The van der Waals surface area contributed by atoms with Crippen LogP contribution in [0.5, 0.6) is 0 Å². The van der Waals surface area contributed by atoms with Crippen molar-refractivity contribution >= 4 is 19.8 Å². The molecular weight excluding hydrogens is 671 g/mol. The van der Waals surface area contributed by atoms with Gasteiger partial charge < -0.3 is 24.6 Å². The second-order valence-electron chi connectivity index (χ2n) is 13.7. The van der Waals surface area contributed by atoms with E-state index in [1.165, 1.54) is 70.6 Å². The van der Waals surface area contributed by atoms with Gasteiger partial charge in [0.25, 0.3) is 0 Å². The summed E-state index contributed by atoms with van der Waals surface area (Å²) < 4.78 is 32.6. The van der Waals surface area contributed by atoms with E-state index in [-0.39, 0.29) is 19.4 Å². The monoisotopic (exact) mass is 747 g/mol. The Morgan fingerprint density at radius 2 is 0.961 bits per heavy atom. The van der Waals surface area contributed by atoms with Crippen LogP contribution in [0.25, 0.3) is 0 Å². The first-order valence-corrected chi connectivity index (χ1v) is 21.8. The molecule has 3 N–H and O–H groups in total. The fraction of sp³-hybridized carbons (Fsp3) is 0.850. The van der Waals surface area contributed by atoms with Crippen molar-refractivity contribution in [2.75, 3.05) is 26.4 Å². The first-order valence-electron chi connectivity index (χ1n) is 20.3. The SMILES string of the molecule is CCCCCC/C=C\CCCCCCCC(=O)O[C@H](COC(=O)CCCCCCC/C=C\CCCCCCCC)COP(=O)(O)OC[C@H](O)CO. The average molecular weight is 747 g/mol. The van der Waals surface area contributed by atoms with Crippen LogP contribution >= 0.6 is 7.82 Å². The lowest BCUT2D eigenvalue weighted by atomic mass is 10.1. The number of hydrogen-bond donors (Lipinski definition) is 3. The third-order valence-corrected chi connectivity index (χ3v) is 9.53. The molecule has 0 aromatic carbocycles. The van der Waals surface area contributed by atoms with E-state index in [0.29, 0.717) is 12.8 Å². The summed E-state index contributed by atoms with van der Waals surface area (Å²) in [5.41, 5.74) is 0. The molecule has 0 aliphatic carbocycles. The second-order valence-corrected chi connectivity index (χ2v) is 15.1. The van der Waals surface area contributed by atoms with Crippen molar-refractivity contribution in [3.05, 3.63) is 24.3 Å². The third-order valence-electron chi connectivity index (χ3n) is 8.58. The van der Waals surface area contributed by atoms with Crippen molar-refractivity contribution in [3.8, 4) is 0 Å². The highest BCUT2D eigenvalue weighted by Crippen LogP contribution is 2.43. The van der Waals surface area contributed by atoms with Crippen molar-refractivity contribution in [1.82, 2.24) is 0 Å². The number of aliphatic hydroxyl groups excluding tert-OH is 2. The molecule has 0 rings (SSSR count). The number of unbranched alkanes of at least 4 members (excludes halogenated alkanes) is 20. The molecule has 0 aromatic rings. The lowest BCUT2D eigenvalue weighted by Crippen LogP contribution is -2.29. The minimum atomic E-state index is -4.61. The Morgan fingerprint density at radius 3 is 1.43 bits per heavy atom. The first-order chi connectivity index (χ1) is 24.7. The van der Waals surface area contributed by atoms with E-state index >= 15 is 0 Å². The molecule has 1 unspecified atom stereocenters. The maximum Gasteiger partial charge on any atom is 0.472 e. The van der Waals surface area contributed by atoms with Gasteiger partial charge in [-0.2, -0.15) is 0 Å². The Labute approximate surface area is 310 Å². The van der Waals surface area contributed by atoms with Crippen LogP contribution in [0.4, 0.5) is 0 Å². The highest BCUT2D eigenvalue weighted by Gasteiger charge is 2.27. The lowest BCUT2D eigenvalue weighted by Gasteiger charge is -2.20. The zero-order chi connectivity index (χ0) is 37.7. The number of allylic oxidation sites excluding steroid dienone is 4. The van der Waals surface area contributed by atoms with Gasteiger partial charge in [-0.1, -0.05) is 128 Å². The van der Waals surface area contributed by atoms with Gasteiger partial charge in [-0.25, -0.2) is 4.57 Å². The Hall–Kier alpha value is -1.55. The summed E-state index contributed by atoms with van der Waals surface area (Å²) in [5.74, 6) is -0.943. The lowest BCUT2D eigenvalue weighted by molar-refractivity contribution is -0.161. The van der Waals surface area contributed by atoms with Gasteiger partial charge in [-0.05, 0) is 64.2 Å². The molecule has 0 aromatic heterocycles. The summed E-state index contributed by atoms with van der Waals surface area (Å²) in [5, 5.41) is 18.3. The van der Waals surface area contributed by atoms with Gasteiger partial charge in [0.15, 0.2) is 6.10 Å². The van der Waals surface area contributed by atoms with E-state index in [1.54, 1.807) is 0 Å². The summed E-state index contributed by atoms with van der Waals surface area (Å²) in [6.45, 7) is 2.34. The van der Waals surface area contributed by atoms with E-state index in [2.05, 4.69) is 42.7 Å². The largest absolute Gasteiger partial charge is 0.472 e. The number of hydrogen-bond acceptors (Lipinski definition) is 9. The van der Waals surface area contributed by atoms with E-state index in [0.717, 1.165) is 70.6 Å². The fourth-order valence-electron chi connectivity index (χ4n) is 5.39. The third kappa shape index (κ3) is 36.6. The van der Waals surface area contributed by atoms with Crippen molar-refractivity contribution in [1.29, 1.82) is 0 Å². The van der Waals surface area contributed by atoms with Crippen LogP contribution in [-0.2, 0) is 32.7 Å². The zero-order valence-electron chi connectivity index (χ0n) is 32.3. The Balaban J connectivity index is 4.35. The standard InChI is InChI=1S/C40H75O10P/c1-3-5-7-9-11-13-15-17-18-20-21-23-25-27-29-31-39(43)47-35-38(36-49-51(45,46)48-34-37(42)33-41)50-40(44)32-30-28-26-24-22-19-16-14-12-10-8-6-4-2/h14,16-18,37-38,41-42H,3-13,15,19-36H2,1-2H3,(H,45,46)/b16-14-,18-17-/t37-,38-/m1/s1. The van der Waals surface area contributed by atoms with Crippen LogP contribution in [0.2, 0.25) is 0 Å². The molecule has 0 aliphatic rings. The molecule has 51 heavy (non-hydrogen) atoms. The van der Waals surface area contributed by atoms with E-state index in [9.17, 15) is 24.2 Å². The molecule has 0 radical (unpaired) electrons. The van der Waals surface area contributed by atoms with Crippen molar-refractivity contribution in [2.45, 2.75) is 193 Å². The smallest absolute Gasteiger partial charge is 0.462 e. The van der Waals surface area contributed by atoms with Crippen molar-refractivity contribution in [2.24, 2.45) is 0 Å². The summed E-state index contributed by atoms with van der Waals surface area (Å²) in [6.07, 6.45) is 34.3. The van der Waals surface area contributed by atoms with Gasteiger partial charge in [-0.3, -0.25) is 18.6 Å². The first kappa shape index (κ1) is 49.5. The van der Waals surface area contributed by atoms with Gasteiger partial charge in [0, 0.05) is 12.8 Å². The van der Waals surface area contributed by atoms with Gasteiger partial charge >= 0.3 is 19.8 Å². The highest BCUT2D eigenvalue weighted by molar-refractivity contribution is 7.47. The number of rotatable bonds is 38. The van der Waals surface area contributed by atoms with Gasteiger partial charge in [0.05, 0.1) is 19.8 Å². The van der Waals surface area contributed by atoms with Gasteiger partial charge in [-0.15, -0.1) is 0 Å². The maximum atomic E-state index is 12.6. The summed E-state index contributed by atoms with van der Waals surface area (Å²) in [4.78, 5) is 34.9. The Morgan fingerprint density at radius 1 is 0.569 bits per heavy atom. The maximum absolute atomic E-state index is 12.6. The molecule has 3 atom stereocenters. The Kier molecular flexibility index (Phi) is 35.7. The van der Waals surface area contributed by atoms with Crippen LogP contribution in [0.1, 0.15) is 181 Å². The number of phosphoric acid groups is 1. The van der Waals surface area contributed by atoms with E-state index < -0.39 is 51.8 Å². The molecule has 300 valence electrons. The number of phosphoric ester groups is 1. The van der Waals surface area contributed by atoms with Crippen LogP contribution in [-0.4, -0.2) is 65.7 Å². The fourth-order valence-corrected chi connectivity index (χ4v) is 6.18. The van der Waals surface area contributed by atoms with Crippen molar-refractivity contribution < 1.29 is 47.8 Å². The molecule has 0 saturated carbocycles. The average Bonchev–Trinajstić information content (AvgIpc) is 3.12. The normalized spacial score (nSPS) is 14.2. The molecule has 0 saturated heterocycles. The number of esters is 2.